The monoisotopic (exact) mass is 529 g/mol. The van der Waals surface area contributed by atoms with Crippen LogP contribution in [0, 0.1) is 5.82 Å². The van der Waals surface area contributed by atoms with Crippen LogP contribution in [0.4, 0.5) is 40.6 Å². The summed E-state index contributed by atoms with van der Waals surface area (Å²) >= 11 is 0. The van der Waals surface area contributed by atoms with Gasteiger partial charge in [0.05, 0.1) is 17.1 Å². The smallest absolute Gasteiger partial charge is 0.372 e. The number of aromatic nitrogens is 3. The van der Waals surface area contributed by atoms with E-state index in [4.69, 9.17) is 0 Å². The van der Waals surface area contributed by atoms with Crippen LogP contribution in [0.2, 0.25) is 0 Å². The van der Waals surface area contributed by atoms with Gasteiger partial charge in [-0.05, 0) is 44.4 Å². The highest BCUT2D eigenvalue weighted by atomic mass is 19.4. The van der Waals surface area contributed by atoms with Crippen molar-refractivity contribution in [1.29, 1.82) is 0 Å². The molecule has 0 aliphatic rings. The Morgan fingerprint density at radius 2 is 1.87 bits per heavy atom. The molecule has 12 heteroatoms. The van der Waals surface area contributed by atoms with Gasteiger partial charge < -0.3 is 25.4 Å². The minimum atomic E-state index is -4.76. The molecule has 0 spiro atoms. The maximum absolute atomic E-state index is 14.6. The van der Waals surface area contributed by atoms with E-state index in [9.17, 15) is 22.4 Å². The van der Waals surface area contributed by atoms with E-state index < -0.39 is 23.3 Å². The fraction of sp³-hybridized carbons (Fsp3) is 0.269. The normalized spacial score (nSPS) is 11.7. The van der Waals surface area contributed by atoms with Gasteiger partial charge in [-0.25, -0.2) is 14.4 Å². The van der Waals surface area contributed by atoms with Crippen LogP contribution >= 0.6 is 0 Å². The molecule has 0 saturated carbocycles. The third-order valence-electron chi connectivity index (χ3n) is 5.86. The van der Waals surface area contributed by atoms with Gasteiger partial charge in [0.15, 0.2) is 0 Å². The molecular weight excluding hydrogens is 502 g/mol. The maximum atomic E-state index is 14.6. The second-order valence-electron chi connectivity index (χ2n) is 9.08. The lowest BCUT2D eigenvalue weighted by Gasteiger charge is -2.24. The molecule has 0 aliphatic carbocycles. The topological polar surface area (TPSA) is 89.2 Å². The van der Waals surface area contributed by atoms with Gasteiger partial charge in [-0.2, -0.15) is 13.2 Å². The number of carbonyl (C=O) groups excluding carboxylic acids is 1. The van der Waals surface area contributed by atoms with E-state index >= 15 is 0 Å². The maximum Gasteiger partial charge on any atom is 0.419 e. The summed E-state index contributed by atoms with van der Waals surface area (Å²) in [7, 11) is 5.81. The van der Waals surface area contributed by atoms with Crippen molar-refractivity contribution in [3.8, 4) is 11.3 Å². The van der Waals surface area contributed by atoms with Crippen LogP contribution in [0.5, 0.6) is 0 Å². The molecule has 0 fully saturated rings. The summed E-state index contributed by atoms with van der Waals surface area (Å²) in [5, 5.41) is 5.69. The number of H-pyrrole nitrogens is 1. The third kappa shape index (κ3) is 5.86. The first-order valence-electron chi connectivity index (χ1n) is 11.7. The molecule has 0 aliphatic heterocycles. The fourth-order valence-electron chi connectivity index (χ4n) is 4.02. The lowest BCUT2D eigenvalue weighted by Crippen LogP contribution is -2.29. The molecule has 4 rings (SSSR count). The quantitative estimate of drug-likeness (QED) is 0.262. The lowest BCUT2D eigenvalue weighted by molar-refractivity contribution is -0.137. The highest BCUT2D eigenvalue weighted by Gasteiger charge is 2.36. The molecule has 0 radical (unpaired) electrons. The Balaban J connectivity index is 1.73. The number of nitrogens with one attached hydrogen (secondary N) is 3. The van der Waals surface area contributed by atoms with E-state index in [0.29, 0.717) is 29.6 Å². The predicted octanol–water partition coefficient (Wildman–Crippen LogP) is 5.48. The first kappa shape index (κ1) is 26.9. The van der Waals surface area contributed by atoms with Crippen LogP contribution in [-0.4, -0.2) is 60.0 Å². The molecular formula is C26H27F4N7O. The molecule has 2 aromatic heterocycles. The Bertz CT molecular complexity index is 1470. The fourth-order valence-corrected chi connectivity index (χ4v) is 4.02. The summed E-state index contributed by atoms with van der Waals surface area (Å²) in [6.45, 7) is 2.86. The molecule has 3 N–H and O–H groups in total. The van der Waals surface area contributed by atoms with Crippen molar-refractivity contribution in [1.82, 2.24) is 19.9 Å². The van der Waals surface area contributed by atoms with Gasteiger partial charge in [-0.15, -0.1) is 0 Å². The van der Waals surface area contributed by atoms with Gasteiger partial charge in [-0.3, -0.25) is 4.79 Å². The van der Waals surface area contributed by atoms with E-state index in [0.717, 1.165) is 12.2 Å². The molecule has 1 amide bonds. The number of aromatic amines is 1. The Morgan fingerprint density at radius 3 is 2.55 bits per heavy atom. The van der Waals surface area contributed by atoms with Crippen LogP contribution in [-0.2, 0) is 11.0 Å². The lowest BCUT2D eigenvalue weighted by atomic mass is 10.1. The number of benzene rings is 2. The Labute approximate surface area is 216 Å². The molecule has 200 valence electrons. The minimum absolute atomic E-state index is 0.000656. The highest BCUT2D eigenvalue weighted by Crippen LogP contribution is 2.39. The Hall–Kier alpha value is -4.19. The number of amides is 1. The van der Waals surface area contributed by atoms with Crippen LogP contribution < -0.4 is 15.5 Å². The summed E-state index contributed by atoms with van der Waals surface area (Å²) in [4.78, 5) is 26.6. The minimum Gasteiger partial charge on any atom is -0.372 e. The Morgan fingerprint density at radius 1 is 1.11 bits per heavy atom. The molecule has 0 bridgehead atoms. The van der Waals surface area contributed by atoms with Gasteiger partial charge in [0.1, 0.15) is 11.4 Å². The summed E-state index contributed by atoms with van der Waals surface area (Å²) in [6.07, 6.45) is -2.80. The van der Waals surface area contributed by atoms with Crippen LogP contribution in [0.25, 0.3) is 22.2 Å². The molecule has 38 heavy (non-hydrogen) atoms. The number of halogens is 4. The second-order valence-corrected chi connectivity index (χ2v) is 9.08. The van der Waals surface area contributed by atoms with Crippen molar-refractivity contribution in [2.45, 2.75) is 13.1 Å². The number of alkyl halides is 3. The first-order chi connectivity index (χ1) is 17.9. The number of likely N-dealkylation sites (N-methyl/N-ethyl adjacent to an activating group) is 2. The number of nitrogens with zero attached hydrogens (tertiary/aromatic N) is 4. The molecule has 0 atom stereocenters. The summed E-state index contributed by atoms with van der Waals surface area (Å²) in [6, 6.07) is 9.34. The van der Waals surface area contributed by atoms with Crippen LogP contribution in [0.3, 0.4) is 0 Å². The molecule has 0 saturated heterocycles. The van der Waals surface area contributed by atoms with E-state index in [1.807, 2.05) is 30.9 Å². The predicted molar refractivity (Wildman–Crippen MR) is 140 cm³/mol. The van der Waals surface area contributed by atoms with Gasteiger partial charge in [0.2, 0.25) is 11.9 Å². The summed E-state index contributed by atoms with van der Waals surface area (Å²) in [5.41, 5.74) is 0.458. The van der Waals surface area contributed by atoms with E-state index in [-0.39, 0.29) is 22.8 Å². The van der Waals surface area contributed by atoms with Crippen molar-refractivity contribution >= 4 is 39.8 Å². The van der Waals surface area contributed by atoms with E-state index in [2.05, 4.69) is 25.6 Å². The van der Waals surface area contributed by atoms with Gasteiger partial charge in [0, 0.05) is 61.6 Å². The average molecular weight is 530 g/mol. The zero-order valence-corrected chi connectivity index (χ0v) is 21.2. The zero-order valence-electron chi connectivity index (χ0n) is 21.2. The number of hydrogen-bond donors (Lipinski definition) is 3. The van der Waals surface area contributed by atoms with Gasteiger partial charge in [0.25, 0.3) is 0 Å². The number of anilines is 4. The van der Waals surface area contributed by atoms with Gasteiger partial charge >= 0.3 is 6.18 Å². The molecule has 0 unspecified atom stereocenters. The third-order valence-corrected chi connectivity index (χ3v) is 5.86. The molecule has 4 aromatic rings. The van der Waals surface area contributed by atoms with Crippen molar-refractivity contribution in [2.24, 2.45) is 0 Å². The molecule has 2 aromatic carbocycles. The van der Waals surface area contributed by atoms with Crippen LogP contribution in [0.1, 0.15) is 12.5 Å². The number of fused-ring (bicyclic) bond motifs is 1. The standard InChI is InChI=1S/C26H27F4N7O/c1-15(38)33-21-12-16(8-9-22(21)37(4)11-10-36(2)3)34-25-32-14-18(26(28,29)30)24(35-25)17-13-31-20-7-5-6-19(27)23(17)20/h5-9,12-14,31H,10-11H2,1-4H3,(H,33,38)(H,32,34,35). The van der Waals surface area contributed by atoms with Gasteiger partial charge in [-0.1, -0.05) is 6.07 Å². The number of carbonyl (C=O) groups is 1. The SMILES string of the molecule is CC(=O)Nc1cc(Nc2ncc(C(F)(F)F)c(-c3c[nH]c4cccc(F)c34)n2)ccc1N(C)CCN(C)C. The Kier molecular flexibility index (Phi) is 7.53. The van der Waals surface area contributed by atoms with Crippen LogP contribution in [0.15, 0.2) is 48.8 Å². The highest BCUT2D eigenvalue weighted by molar-refractivity contribution is 5.96. The molecule has 8 nitrogen and oxygen atoms in total. The molecule has 2 heterocycles. The average Bonchev–Trinajstić information content (AvgIpc) is 3.27. The summed E-state index contributed by atoms with van der Waals surface area (Å²) < 4.78 is 56.2. The zero-order chi connectivity index (χ0) is 27.6. The summed E-state index contributed by atoms with van der Waals surface area (Å²) in [5.74, 6) is -1.08. The second kappa shape index (κ2) is 10.7. The van der Waals surface area contributed by atoms with Crippen molar-refractivity contribution in [3.63, 3.8) is 0 Å². The van der Waals surface area contributed by atoms with Crippen molar-refractivity contribution < 1.29 is 22.4 Å². The van der Waals surface area contributed by atoms with Crippen molar-refractivity contribution in [2.75, 3.05) is 49.8 Å². The van der Waals surface area contributed by atoms with E-state index in [1.165, 1.54) is 25.3 Å². The van der Waals surface area contributed by atoms with Crippen molar-refractivity contribution in [3.05, 3.63) is 60.2 Å². The van der Waals surface area contributed by atoms with E-state index in [1.54, 1.807) is 24.3 Å². The number of rotatable bonds is 8. The first-order valence-corrected chi connectivity index (χ1v) is 11.7. The number of hydrogen-bond acceptors (Lipinski definition) is 6. The largest absolute Gasteiger partial charge is 0.419 e.